The van der Waals surface area contributed by atoms with Crippen molar-refractivity contribution in [3.05, 3.63) is 70.8 Å². The number of benzene rings is 2. The molecule has 0 spiro atoms. The summed E-state index contributed by atoms with van der Waals surface area (Å²) < 4.78 is 0. The first kappa shape index (κ1) is 18.3. The van der Waals surface area contributed by atoms with Gasteiger partial charge in [0, 0.05) is 6.54 Å². The van der Waals surface area contributed by atoms with Gasteiger partial charge in [0.25, 0.3) is 11.8 Å². The normalized spacial score (nSPS) is 15.3. The van der Waals surface area contributed by atoms with Gasteiger partial charge in [-0.05, 0) is 41.5 Å². The lowest BCUT2D eigenvalue weighted by Gasteiger charge is -2.20. The highest BCUT2D eigenvalue weighted by Crippen LogP contribution is 2.26. The van der Waals surface area contributed by atoms with Crippen molar-refractivity contribution in [3.63, 3.8) is 0 Å². The minimum absolute atomic E-state index is 0.0783. The summed E-state index contributed by atoms with van der Waals surface area (Å²) in [5.74, 6) is -0.482. The van der Waals surface area contributed by atoms with Gasteiger partial charge in [-0.1, -0.05) is 57.2 Å². The van der Waals surface area contributed by atoms with Gasteiger partial charge in [-0.15, -0.1) is 0 Å². The molecule has 136 valence electrons. The molecular weight excluding hydrogens is 326 g/mol. The Morgan fingerprint density at radius 2 is 1.46 bits per heavy atom. The van der Waals surface area contributed by atoms with Crippen molar-refractivity contribution in [1.82, 2.24) is 4.90 Å². The van der Waals surface area contributed by atoms with Crippen molar-refractivity contribution in [2.24, 2.45) is 0 Å². The number of amides is 2. The summed E-state index contributed by atoms with van der Waals surface area (Å²) in [7, 11) is 0. The number of fused-ring (bicyclic) bond motifs is 1. The van der Waals surface area contributed by atoms with Gasteiger partial charge in [0.1, 0.15) is 0 Å². The number of carbonyl (C=O) groups is 2. The number of carbonyl (C=O) groups excluding carboxylic acids is 2. The topological polar surface area (TPSA) is 57.6 Å². The summed E-state index contributed by atoms with van der Waals surface area (Å²) in [5.41, 5.74) is 3.10. The highest BCUT2D eigenvalue weighted by atomic mass is 16.3. The molecule has 2 aromatic carbocycles. The number of imide groups is 1. The number of hydrogen-bond donors (Lipinski definition) is 1. The average molecular weight is 351 g/mol. The van der Waals surface area contributed by atoms with Crippen molar-refractivity contribution < 1.29 is 14.7 Å². The third-order valence-corrected chi connectivity index (χ3v) is 4.90. The van der Waals surface area contributed by atoms with Crippen molar-refractivity contribution in [1.29, 1.82) is 0 Å². The van der Waals surface area contributed by atoms with Crippen molar-refractivity contribution >= 4 is 11.8 Å². The molecule has 1 unspecified atom stereocenters. The van der Waals surface area contributed by atoms with Crippen LogP contribution in [0.1, 0.15) is 71.6 Å². The predicted molar refractivity (Wildman–Crippen MR) is 101 cm³/mol. The first-order chi connectivity index (χ1) is 12.3. The summed E-state index contributed by atoms with van der Waals surface area (Å²) in [4.78, 5) is 25.9. The van der Waals surface area contributed by atoms with Gasteiger partial charge >= 0.3 is 0 Å². The molecule has 0 fully saturated rings. The van der Waals surface area contributed by atoms with Gasteiger partial charge in [0.05, 0.1) is 17.2 Å². The molecule has 0 saturated heterocycles. The zero-order chi connectivity index (χ0) is 18.9. The van der Waals surface area contributed by atoms with Crippen LogP contribution in [0.5, 0.6) is 0 Å². The summed E-state index contributed by atoms with van der Waals surface area (Å²) in [6.07, 6.45) is 0.467. The molecule has 3 rings (SSSR count). The molecule has 4 heteroatoms. The quantitative estimate of drug-likeness (QED) is 0.825. The second-order valence-corrected chi connectivity index (χ2v) is 7.84. The van der Waals surface area contributed by atoms with E-state index in [4.69, 9.17) is 0 Å². The van der Waals surface area contributed by atoms with E-state index in [-0.39, 0.29) is 17.2 Å². The Kier molecular flexibility index (Phi) is 4.97. The van der Waals surface area contributed by atoms with E-state index in [1.54, 1.807) is 24.3 Å². The molecule has 1 aliphatic heterocycles. The SMILES string of the molecule is CC(C)(C)c1ccc(C(O)CCCN2C(=O)c3ccccc3C2=O)cc1. The molecule has 1 N–H and O–H groups in total. The predicted octanol–water partition coefficient (Wildman–Crippen LogP) is 4.09. The Bertz CT molecular complexity index is 783. The van der Waals surface area contributed by atoms with E-state index in [2.05, 4.69) is 20.8 Å². The van der Waals surface area contributed by atoms with Crippen LogP contribution in [-0.2, 0) is 5.41 Å². The van der Waals surface area contributed by atoms with E-state index in [0.29, 0.717) is 30.5 Å². The largest absolute Gasteiger partial charge is 0.388 e. The highest BCUT2D eigenvalue weighted by Gasteiger charge is 2.34. The van der Waals surface area contributed by atoms with E-state index in [0.717, 1.165) is 5.56 Å². The third-order valence-electron chi connectivity index (χ3n) is 4.90. The molecule has 0 aromatic heterocycles. The van der Waals surface area contributed by atoms with Gasteiger partial charge in [-0.2, -0.15) is 0 Å². The number of nitrogens with zero attached hydrogens (tertiary/aromatic N) is 1. The lowest BCUT2D eigenvalue weighted by Crippen LogP contribution is -2.30. The van der Waals surface area contributed by atoms with Crippen LogP contribution in [0.25, 0.3) is 0 Å². The molecular formula is C22H25NO3. The molecule has 0 aliphatic carbocycles. The Labute approximate surface area is 154 Å². The molecule has 0 bridgehead atoms. The van der Waals surface area contributed by atoms with Gasteiger partial charge < -0.3 is 5.11 Å². The average Bonchev–Trinajstić information content (AvgIpc) is 2.86. The minimum atomic E-state index is -0.598. The molecule has 26 heavy (non-hydrogen) atoms. The van der Waals surface area contributed by atoms with Crippen LogP contribution in [0.3, 0.4) is 0 Å². The zero-order valence-electron chi connectivity index (χ0n) is 15.5. The van der Waals surface area contributed by atoms with Crippen LogP contribution >= 0.6 is 0 Å². The number of rotatable bonds is 5. The fourth-order valence-electron chi connectivity index (χ4n) is 3.26. The van der Waals surface area contributed by atoms with Crippen LogP contribution in [0.2, 0.25) is 0 Å². The fourth-order valence-corrected chi connectivity index (χ4v) is 3.26. The van der Waals surface area contributed by atoms with Crippen LogP contribution in [0, 0.1) is 0 Å². The van der Waals surface area contributed by atoms with Crippen molar-refractivity contribution in [2.75, 3.05) is 6.54 Å². The van der Waals surface area contributed by atoms with Gasteiger partial charge in [-0.25, -0.2) is 0 Å². The molecule has 1 atom stereocenters. The minimum Gasteiger partial charge on any atom is -0.388 e. The maximum Gasteiger partial charge on any atom is 0.261 e. The van der Waals surface area contributed by atoms with E-state index >= 15 is 0 Å². The molecule has 1 aliphatic rings. The highest BCUT2D eigenvalue weighted by molar-refractivity contribution is 6.21. The number of hydrogen-bond acceptors (Lipinski definition) is 3. The molecule has 2 aromatic rings. The van der Waals surface area contributed by atoms with Gasteiger partial charge in [0.15, 0.2) is 0 Å². The molecule has 0 radical (unpaired) electrons. The van der Waals surface area contributed by atoms with E-state index in [9.17, 15) is 14.7 Å². The van der Waals surface area contributed by atoms with Crippen molar-refractivity contribution in [3.8, 4) is 0 Å². The van der Waals surface area contributed by atoms with Crippen LogP contribution in [-0.4, -0.2) is 28.4 Å². The lowest BCUT2D eigenvalue weighted by molar-refractivity contribution is 0.0641. The fraction of sp³-hybridized carbons (Fsp3) is 0.364. The van der Waals surface area contributed by atoms with E-state index in [1.807, 2.05) is 24.3 Å². The van der Waals surface area contributed by atoms with Crippen LogP contribution in [0.15, 0.2) is 48.5 Å². The van der Waals surface area contributed by atoms with Gasteiger partial charge in [-0.3, -0.25) is 14.5 Å². The first-order valence-electron chi connectivity index (χ1n) is 9.03. The Morgan fingerprint density at radius 1 is 0.923 bits per heavy atom. The maximum absolute atomic E-state index is 12.3. The smallest absolute Gasteiger partial charge is 0.261 e. The van der Waals surface area contributed by atoms with Gasteiger partial charge in [0.2, 0.25) is 0 Å². The van der Waals surface area contributed by atoms with Crippen LogP contribution in [0.4, 0.5) is 0 Å². The monoisotopic (exact) mass is 351 g/mol. The second kappa shape index (κ2) is 7.04. The Morgan fingerprint density at radius 3 is 1.96 bits per heavy atom. The summed E-state index contributed by atoms with van der Waals surface area (Å²) in [6, 6.07) is 14.9. The first-order valence-corrected chi connectivity index (χ1v) is 9.03. The molecule has 0 saturated carbocycles. The maximum atomic E-state index is 12.3. The van der Waals surface area contributed by atoms with E-state index in [1.165, 1.54) is 10.5 Å². The Hall–Kier alpha value is -2.46. The van der Waals surface area contributed by atoms with Crippen LogP contribution < -0.4 is 0 Å². The second-order valence-electron chi connectivity index (χ2n) is 7.84. The Balaban J connectivity index is 1.57. The lowest BCUT2D eigenvalue weighted by atomic mass is 9.86. The standard InChI is InChI=1S/C22H25NO3/c1-22(2,3)16-12-10-15(11-13-16)19(24)9-6-14-23-20(25)17-7-4-5-8-18(17)21(23)26/h4-5,7-8,10-13,19,24H,6,9,14H2,1-3H3. The summed E-state index contributed by atoms with van der Waals surface area (Å²) in [5, 5.41) is 10.4. The summed E-state index contributed by atoms with van der Waals surface area (Å²) >= 11 is 0. The van der Waals surface area contributed by atoms with E-state index < -0.39 is 6.10 Å². The molecule has 4 nitrogen and oxygen atoms in total. The molecule has 1 heterocycles. The number of aliphatic hydroxyl groups excluding tert-OH is 1. The van der Waals surface area contributed by atoms with Crippen molar-refractivity contribution in [2.45, 2.75) is 45.1 Å². The third kappa shape index (κ3) is 3.56. The molecule has 2 amide bonds. The zero-order valence-corrected chi connectivity index (χ0v) is 15.5. The summed E-state index contributed by atoms with van der Waals surface area (Å²) in [6.45, 7) is 6.78. The number of aliphatic hydroxyl groups is 1.